The van der Waals surface area contributed by atoms with E-state index in [1.165, 1.54) is 0 Å². The standard InChI is InChI=1S/C14H18BrClN2O2/c1-20-9-14(5-2-6-18-14)8-17-13(19)11-7-10(16)3-4-12(11)15/h3-4,7,18H,2,5-6,8-9H2,1H3,(H,17,19). The SMILES string of the molecule is COCC1(CNC(=O)c2cc(Cl)ccc2Br)CCCN1. The van der Waals surface area contributed by atoms with Gasteiger partial charge in [-0.1, -0.05) is 11.6 Å². The fourth-order valence-electron chi connectivity index (χ4n) is 2.49. The lowest BCUT2D eigenvalue weighted by molar-refractivity contribution is 0.0891. The highest BCUT2D eigenvalue weighted by atomic mass is 79.9. The summed E-state index contributed by atoms with van der Waals surface area (Å²) in [5.41, 5.74) is 0.387. The van der Waals surface area contributed by atoms with Gasteiger partial charge in [-0.2, -0.15) is 0 Å². The molecule has 0 spiro atoms. The van der Waals surface area contributed by atoms with Crippen LogP contribution in [0.3, 0.4) is 0 Å². The summed E-state index contributed by atoms with van der Waals surface area (Å²) >= 11 is 9.30. The first-order valence-corrected chi connectivity index (χ1v) is 7.71. The maximum Gasteiger partial charge on any atom is 0.252 e. The maximum atomic E-state index is 12.3. The van der Waals surface area contributed by atoms with Gasteiger partial charge in [-0.05, 0) is 53.5 Å². The van der Waals surface area contributed by atoms with Gasteiger partial charge in [0.05, 0.1) is 17.7 Å². The Labute approximate surface area is 132 Å². The molecule has 1 saturated heterocycles. The van der Waals surface area contributed by atoms with Gasteiger partial charge in [0.1, 0.15) is 0 Å². The first-order chi connectivity index (χ1) is 9.56. The van der Waals surface area contributed by atoms with E-state index in [-0.39, 0.29) is 11.4 Å². The number of hydrogen-bond acceptors (Lipinski definition) is 3. The van der Waals surface area contributed by atoms with Gasteiger partial charge in [-0.3, -0.25) is 4.79 Å². The molecule has 1 aromatic carbocycles. The van der Waals surface area contributed by atoms with Crippen molar-refractivity contribution in [2.45, 2.75) is 18.4 Å². The zero-order valence-corrected chi connectivity index (χ0v) is 13.7. The minimum Gasteiger partial charge on any atom is -0.383 e. The van der Waals surface area contributed by atoms with Gasteiger partial charge in [0.15, 0.2) is 0 Å². The third kappa shape index (κ3) is 3.73. The van der Waals surface area contributed by atoms with Gasteiger partial charge in [0.25, 0.3) is 5.91 Å². The lowest BCUT2D eigenvalue weighted by Gasteiger charge is -2.29. The molecule has 4 nitrogen and oxygen atoms in total. The summed E-state index contributed by atoms with van der Waals surface area (Å²) in [6.45, 7) is 2.09. The molecule has 6 heteroatoms. The highest BCUT2D eigenvalue weighted by molar-refractivity contribution is 9.10. The molecule has 1 amide bonds. The van der Waals surface area contributed by atoms with E-state index in [1.54, 1.807) is 25.3 Å². The minimum absolute atomic E-state index is 0.136. The van der Waals surface area contributed by atoms with Crippen LogP contribution in [0.15, 0.2) is 22.7 Å². The van der Waals surface area contributed by atoms with Crippen LogP contribution in [0.5, 0.6) is 0 Å². The molecule has 2 N–H and O–H groups in total. The summed E-state index contributed by atoms with van der Waals surface area (Å²) < 4.78 is 6.00. The lowest BCUT2D eigenvalue weighted by Crippen LogP contribution is -2.53. The average molecular weight is 362 g/mol. The zero-order valence-electron chi connectivity index (χ0n) is 11.3. The van der Waals surface area contributed by atoms with Crippen molar-refractivity contribution in [3.63, 3.8) is 0 Å². The molecule has 1 aliphatic rings. The fraction of sp³-hybridized carbons (Fsp3) is 0.500. The number of ether oxygens (including phenoxy) is 1. The molecule has 1 unspecified atom stereocenters. The third-order valence-electron chi connectivity index (χ3n) is 3.51. The van der Waals surface area contributed by atoms with E-state index in [4.69, 9.17) is 16.3 Å². The number of halogens is 2. The smallest absolute Gasteiger partial charge is 0.252 e. The molecule has 0 aliphatic carbocycles. The van der Waals surface area contributed by atoms with Crippen molar-refractivity contribution in [1.29, 1.82) is 0 Å². The Kier molecular flexibility index (Phi) is 5.43. The summed E-state index contributed by atoms with van der Waals surface area (Å²) in [6, 6.07) is 5.18. The number of nitrogens with one attached hydrogen (secondary N) is 2. The Bertz CT molecular complexity index is 490. The number of carbonyl (C=O) groups excluding carboxylic acids is 1. The molecule has 0 radical (unpaired) electrons. The first kappa shape index (κ1) is 15.8. The second kappa shape index (κ2) is 6.89. The second-order valence-corrected chi connectivity index (χ2v) is 6.34. The fourth-order valence-corrected chi connectivity index (χ4v) is 3.09. The van der Waals surface area contributed by atoms with Gasteiger partial charge in [0.2, 0.25) is 0 Å². The number of benzene rings is 1. The minimum atomic E-state index is -0.157. The Morgan fingerprint density at radius 2 is 2.40 bits per heavy atom. The second-order valence-electron chi connectivity index (χ2n) is 5.05. The molecular weight excluding hydrogens is 344 g/mol. The zero-order chi connectivity index (χ0) is 14.6. The van der Waals surface area contributed by atoms with E-state index in [9.17, 15) is 4.79 Å². The van der Waals surface area contributed by atoms with Crippen LogP contribution in [0.2, 0.25) is 5.02 Å². The summed E-state index contributed by atoms with van der Waals surface area (Å²) in [7, 11) is 1.68. The van der Waals surface area contributed by atoms with Crippen molar-refractivity contribution in [1.82, 2.24) is 10.6 Å². The van der Waals surface area contributed by atoms with E-state index in [2.05, 4.69) is 26.6 Å². The van der Waals surface area contributed by atoms with Crippen LogP contribution >= 0.6 is 27.5 Å². The Morgan fingerprint density at radius 1 is 1.60 bits per heavy atom. The third-order valence-corrected chi connectivity index (χ3v) is 4.44. The molecule has 0 bridgehead atoms. The van der Waals surface area contributed by atoms with Crippen LogP contribution in [0.25, 0.3) is 0 Å². The van der Waals surface area contributed by atoms with Crippen LogP contribution in [-0.2, 0) is 4.74 Å². The van der Waals surface area contributed by atoms with Crippen LogP contribution in [0.4, 0.5) is 0 Å². The van der Waals surface area contributed by atoms with Gasteiger partial charge >= 0.3 is 0 Å². The molecule has 1 fully saturated rings. The van der Waals surface area contributed by atoms with Crippen molar-refractivity contribution in [2.24, 2.45) is 0 Å². The molecule has 0 aromatic heterocycles. The molecule has 20 heavy (non-hydrogen) atoms. The molecule has 1 heterocycles. The van der Waals surface area contributed by atoms with E-state index >= 15 is 0 Å². The van der Waals surface area contributed by atoms with Crippen LogP contribution < -0.4 is 10.6 Å². The predicted molar refractivity (Wildman–Crippen MR) is 83.3 cm³/mol. The number of amides is 1. The predicted octanol–water partition coefficient (Wildman–Crippen LogP) is 2.60. The summed E-state index contributed by atoms with van der Waals surface area (Å²) in [6.07, 6.45) is 2.10. The quantitative estimate of drug-likeness (QED) is 0.847. The number of rotatable bonds is 5. The van der Waals surface area contributed by atoms with Gasteiger partial charge in [-0.25, -0.2) is 0 Å². The topological polar surface area (TPSA) is 50.4 Å². The Balaban J connectivity index is 2.02. The van der Waals surface area contributed by atoms with Crippen molar-refractivity contribution < 1.29 is 9.53 Å². The highest BCUT2D eigenvalue weighted by Gasteiger charge is 2.33. The highest BCUT2D eigenvalue weighted by Crippen LogP contribution is 2.22. The molecule has 1 aromatic rings. The Morgan fingerprint density at radius 3 is 3.05 bits per heavy atom. The van der Waals surface area contributed by atoms with E-state index < -0.39 is 0 Å². The molecule has 2 rings (SSSR count). The number of carbonyl (C=O) groups is 1. The van der Waals surface area contributed by atoms with Gasteiger partial charge in [0, 0.05) is 23.1 Å². The molecular formula is C14H18BrClN2O2. The van der Waals surface area contributed by atoms with Crippen molar-refractivity contribution in [2.75, 3.05) is 26.8 Å². The lowest BCUT2D eigenvalue weighted by atomic mass is 9.98. The van der Waals surface area contributed by atoms with Crippen molar-refractivity contribution in [3.8, 4) is 0 Å². The average Bonchev–Trinajstić information content (AvgIpc) is 2.88. The van der Waals surface area contributed by atoms with Crippen LogP contribution in [0.1, 0.15) is 23.2 Å². The van der Waals surface area contributed by atoms with Crippen molar-refractivity contribution in [3.05, 3.63) is 33.3 Å². The first-order valence-electron chi connectivity index (χ1n) is 6.53. The van der Waals surface area contributed by atoms with Crippen LogP contribution in [-0.4, -0.2) is 38.3 Å². The number of hydrogen-bond donors (Lipinski definition) is 2. The van der Waals surface area contributed by atoms with E-state index in [0.29, 0.717) is 23.7 Å². The number of methoxy groups -OCH3 is 1. The summed E-state index contributed by atoms with van der Waals surface area (Å²) in [5.74, 6) is -0.136. The molecule has 1 aliphatic heterocycles. The van der Waals surface area contributed by atoms with Gasteiger partial charge in [-0.15, -0.1) is 0 Å². The van der Waals surface area contributed by atoms with Crippen LogP contribution in [0, 0.1) is 0 Å². The van der Waals surface area contributed by atoms with E-state index in [1.807, 2.05) is 0 Å². The largest absolute Gasteiger partial charge is 0.383 e. The molecule has 110 valence electrons. The summed E-state index contributed by atoms with van der Waals surface area (Å²) in [4.78, 5) is 12.3. The van der Waals surface area contributed by atoms with Gasteiger partial charge < -0.3 is 15.4 Å². The van der Waals surface area contributed by atoms with Crippen molar-refractivity contribution >= 4 is 33.4 Å². The van der Waals surface area contributed by atoms with E-state index in [0.717, 1.165) is 23.9 Å². The molecule has 1 atom stereocenters. The monoisotopic (exact) mass is 360 g/mol. The maximum absolute atomic E-state index is 12.3. The Hall–Kier alpha value is -0.620. The summed E-state index contributed by atoms with van der Waals surface area (Å²) in [5, 5.41) is 6.94. The molecule has 0 saturated carbocycles. The normalized spacial score (nSPS) is 21.9.